The van der Waals surface area contributed by atoms with Crippen LogP contribution in [-0.4, -0.2) is 22.9 Å². The number of hydrogen-bond donors (Lipinski definition) is 2. The Morgan fingerprint density at radius 2 is 2.33 bits per heavy atom. The van der Waals surface area contributed by atoms with E-state index in [-0.39, 0.29) is 13.0 Å². The minimum Gasteiger partial charge on any atom is -0.396 e. The first-order valence-electron chi connectivity index (χ1n) is 2.83. The summed E-state index contributed by atoms with van der Waals surface area (Å²) < 4.78 is 12.2. The molecule has 0 heterocycles. The highest BCUT2D eigenvalue weighted by atomic mass is 19.1. The van der Waals surface area contributed by atoms with Crippen LogP contribution in [0.4, 0.5) is 4.39 Å². The standard InChI is InChI=1S/C6H11FO2/c1-2-5(7)6(9)3-4-8/h2,6,8-9H,3-4H2,1H3/b5-2+. The van der Waals surface area contributed by atoms with E-state index < -0.39 is 11.9 Å². The number of aliphatic hydroxyl groups is 2. The minimum atomic E-state index is -1.13. The fourth-order valence-corrected chi connectivity index (χ4v) is 0.453. The second kappa shape index (κ2) is 4.47. The van der Waals surface area contributed by atoms with E-state index in [0.717, 1.165) is 0 Å². The van der Waals surface area contributed by atoms with Crippen LogP contribution in [0.25, 0.3) is 0 Å². The number of hydrogen-bond acceptors (Lipinski definition) is 2. The maximum Gasteiger partial charge on any atom is 0.124 e. The number of allylic oxidation sites excluding steroid dienone is 1. The summed E-state index contributed by atoms with van der Waals surface area (Å²) in [7, 11) is 0. The van der Waals surface area contributed by atoms with Crippen LogP contribution in [0.15, 0.2) is 11.9 Å². The molecule has 0 radical (unpaired) electrons. The first-order chi connectivity index (χ1) is 4.22. The monoisotopic (exact) mass is 134 g/mol. The maximum atomic E-state index is 12.2. The lowest BCUT2D eigenvalue weighted by atomic mass is 10.2. The van der Waals surface area contributed by atoms with Crippen molar-refractivity contribution >= 4 is 0 Å². The van der Waals surface area contributed by atoms with Crippen LogP contribution < -0.4 is 0 Å². The van der Waals surface area contributed by atoms with Crippen molar-refractivity contribution in [3.63, 3.8) is 0 Å². The van der Waals surface area contributed by atoms with Crippen molar-refractivity contribution in [1.82, 2.24) is 0 Å². The van der Waals surface area contributed by atoms with Crippen LogP contribution in [0.3, 0.4) is 0 Å². The SMILES string of the molecule is C/C=C(/F)C(O)CCO. The van der Waals surface area contributed by atoms with Gasteiger partial charge in [0.15, 0.2) is 0 Å². The summed E-state index contributed by atoms with van der Waals surface area (Å²) in [6.07, 6.45) is 0.122. The third-order valence-corrected chi connectivity index (χ3v) is 0.997. The van der Waals surface area contributed by atoms with Crippen molar-refractivity contribution in [3.8, 4) is 0 Å². The molecule has 0 fully saturated rings. The molecule has 1 unspecified atom stereocenters. The highest BCUT2D eigenvalue weighted by molar-refractivity contribution is 4.95. The van der Waals surface area contributed by atoms with Gasteiger partial charge in [-0.1, -0.05) is 6.08 Å². The van der Waals surface area contributed by atoms with Crippen LogP contribution in [-0.2, 0) is 0 Å². The molecular formula is C6H11FO2. The van der Waals surface area contributed by atoms with Gasteiger partial charge in [0, 0.05) is 13.0 Å². The van der Waals surface area contributed by atoms with Crippen molar-refractivity contribution in [3.05, 3.63) is 11.9 Å². The predicted octanol–water partition coefficient (Wildman–Crippen LogP) is 0.603. The lowest BCUT2D eigenvalue weighted by Crippen LogP contribution is -2.08. The average molecular weight is 134 g/mol. The molecule has 0 aliphatic carbocycles. The van der Waals surface area contributed by atoms with E-state index in [1.54, 1.807) is 0 Å². The molecule has 0 saturated heterocycles. The summed E-state index contributed by atoms with van der Waals surface area (Å²) in [4.78, 5) is 0. The van der Waals surface area contributed by atoms with Crippen LogP contribution in [0, 0.1) is 0 Å². The highest BCUT2D eigenvalue weighted by Gasteiger charge is 2.06. The molecule has 0 aromatic heterocycles. The minimum absolute atomic E-state index is 0.0656. The molecule has 9 heavy (non-hydrogen) atoms. The molecule has 0 spiro atoms. The summed E-state index contributed by atoms with van der Waals surface area (Å²) >= 11 is 0. The second-order valence-electron chi connectivity index (χ2n) is 1.70. The fraction of sp³-hybridized carbons (Fsp3) is 0.667. The summed E-state index contributed by atoms with van der Waals surface area (Å²) in [5, 5.41) is 16.9. The molecule has 0 bridgehead atoms. The number of rotatable bonds is 3. The van der Waals surface area contributed by atoms with Crippen molar-refractivity contribution < 1.29 is 14.6 Å². The van der Waals surface area contributed by atoms with Gasteiger partial charge < -0.3 is 10.2 Å². The first-order valence-corrected chi connectivity index (χ1v) is 2.83. The zero-order chi connectivity index (χ0) is 7.28. The molecule has 54 valence electrons. The van der Waals surface area contributed by atoms with E-state index in [1.165, 1.54) is 13.0 Å². The van der Waals surface area contributed by atoms with Gasteiger partial charge in [0.2, 0.25) is 0 Å². The zero-order valence-corrected chi connectivity index (χ0v) is 5.34. The Morgan fingerprint density at radius 1 is 1.78 bits per heavy atom. The molecule has 0 saturated carbocycles. The van der Waals surface area contributed by atoms with Gasteiger partial charge in [-0.25, -0.2) is 4.39 Å². The first kappa shape index (κ1) is 8.59. The molecule has 1 atom stereocenters. The second-order valence-corrected chi connectivity index (χ2v) is 1.70. The van der Waals surface area contributed by atoms with Gasteiger partial charge in [-0.05, 0) is 6.92 Å². The topological polar surface area (TPSA) is 40.5 Å². The molecule has 3 heteroatoms. The molecule has 2 N–H and O–H groups in total. The largest absolute Gasteiger partial charge is 0.396 e. The summed E-state index contributed by atoms with van der Waals surface area (Å²) in [6, 6.07) is 0. The van der Waals surface area contributed by atoms with Gasteiger partial charge in [0.25, 0.3) is 0 Å². The van der Waals surface area contributed by atoms with Crippen LogP contribution >= 0.6 is 0 Å². The van der Waals surface area contributed by atoms with E-state index >= 15 is 0 Å². The van der Waals surface area contributed by atoms with Crippen molar-refractivity contribution in [1.29, 1.82) is 0 Å². The Labute approximate surface area is 53.6 Å². The van der Waals surface area contributed by atoms with Crippen LogP contribution in [0.5, 0.6) is 0 Å². The number of aliphatic hydroxyl groups excluding tert-OH is 2. The third kappa shape index (κ3) is 3.21. The predicted molar refractivity (Wildman–Crippen MR) is 32.6 cm³/mol. The molecule has 2 nitrogen and oxygen atoms in total. The summed E-state index contributed by atoms with van der Waals surface area (Å²) in [6.45, 7) is 1.30. The summed E-state index contributed by atoms with van der Waals surface area (Å²) in [5.41, 5.74) is 0. The Bertz CT molecular complexity index is 101. The van der Waals surface area contributed by atoms with Gasteiger partial charge >= 0.3 is 0 Å². The Hall–Kier alpha value is -0.410. The molecular weight excluding hydrogens is 123 g/mol. The van der Waals surface area contributed by atoms with Gasteiger partial charge in [-0.2, -0.15) is 0 Å². The zero-order valence-electron chi connectivity index (χ0n) is 5.34. The summed E-state index contributed by atoms with van der Waals surface area (Å²) in [5.74, 6) is -0.580. The highest BCUT2D eigenvalue weighted by Crippen LogP contribution is 2.05. The maximum absolute atomic E-state index is 12.2. The van der Waals surface area contributed by atoms with Crippen molar-refractivity contribution in [2.45, 2.75) is 19.4 Å². The number of halogens is 1. The quantitative estimate of drug-likeness (QED) is 0.593. The van der Waals surface area contributed by atoms with E-state index in [0.29, 0.717) is 0 Å². The van der Waals surface area contributed by atoms with Gasteiger partial charge in [0.05, 0.1) is 0 Å². The lowest BCUT2D eigenvalue weighted by molar-refractivity contribution is 0.141. The Kier molecular flexibility index (Phi) is 4.26. The van der Waals surface area contributed by atoms with Gasteiger partial charge in [-0.3, -0.25) is 0 Å². The molecule has 0 amide bonds. The molecule has 0 rings (SSSR count). The van der Waals surface area contributed by atoms with Crippen molar-refractivity contribution in [2.75, 3.05) is 6.61 Å². The Morgan fingerprint density at radius 3 is 2.67 bits per heavy atom. The normalized spacial score (nSPS) is 15.8. The van der Waals surface area contributed by atoms with Crippen LogP contribution in [0.2, 0.25) is 0 Å². The average Bonchev–Trinajstić information content (AvgIpc) is 1.87. The van der Waals surface area contributed by atoms with E-state index in [9.17, 15) is 4.39 Å². The fourth-order valence-electron chi connectivity index (χ4n) is 0.453. The lowest BCUT2D eigenvalue weighted by Gasteiger charge is -2.03. The third-order valence-electron chi connectivity index (χ3n) is 0.997. The molecule has 0 aliphatic heterocycles. The van der Waals surface area contributed by atoms with E-state index in [4.69, 9.17) is 10.2 Å². The van der Waals surface area contributed by atoms with E-state index in [1.807, 2.05) is 0 Å². The van der Waals surface area contributed by atoms with Gasteiger partial charge in [0.1, 0.15) is 11.9 Å². The molecule has 0 aliphatic rings. The van der Waals surface area contributed by atoms with Gasteiger partial charge in [-0.15, -0.1) is 0 Å². The van der Waals surface area contributed by atoms with Crippen molar-refractivity contribution in [2.24, 2.45) is 0 Å². The van der Waals surface area contributed by atoms with E-state index in [2.05, 4.69) is 0 Å². The van der Waals surface area contributed by atoms with Crippen LogP contribution in [0.1, 0.15) is 13.3 Å². The molecule has 0 aromatic rings. The smallest absolute Gasteiger partial charge is 0.124 e. The molecule has 0 aromatic carbocycles. The Balaban J connectivity index is 3.59.